The molecule has 1 N–H and O–H groups in total. The van der Waals surface area contributed by atoms with Gasteiger partial charge in [-0.05, 0) is 91.5 Å². The van der Waals surface area contributed by atoms with E-state index in [1.54, 1.807) is 45.0 Å². The Labute approximate surface area is 220 Å². The van der Waals surface area contributed by atoms with Gasteiger partial charge in [0.2, 0.25) is 0 Å². The zero-order chi connectivity index (χ0) is 27.4. The van der Waals surface area contributed by atoms with E-state index in [0.29, 0.717) is 36.4 Å². The summed E-state index contributed by atoms with van der Waals surface area (Å²) in [5.74, 6) is -0.323. The molecule has 36 heavy (non-hydrogen) atoms. The molecule has 0 aliphatic carbocycles. The van der Waals surface area contributed by atoms with Crippen molar-refractivity contribution in [3.63, 3.8) is 0 Å². The van der Waals surface area contributed by atoms with Gasteiger partial charge in [0.1, 0.15) is 16.7 Å². The predicted molar refractivity (Wildman–Crippen MR) is 140 cm³/mol. The van der Waals surface area contributed by atoms with Gasteiger partial charge < -0.3 is 14.8 Å². The molecule has 0 bridgehead atoms. The highest BCUT2D eigenvalue weighted by Gasteiger charge is 2.44. The van der Waals surface area contributed by atoms with E-state index in [-0.39, 0.29) is 19.1 Å². The number of carbonyl (C=O) groups is 2. The van der Waals surface area contributed by atoms with Crippen molar-refractivity contribution in [2.75, 3.05) is 20.1 Å². The van der Waals surface area contributed by atoms with Gasteiger partial charge in [-0.1, -0.05) is 23.7 Å². The summed E-state index contributed by atoms with van der Waals surface area (Å²) in [4.78, 5) is 25.9. The van der Waals surface area contributed by atoms with Crippen LogP contribution in [-0.4, -0.2) is 66.0 Å². The molecule has 1 aromatic carbocycles. The van der Waals surface area contributed by atoms with Crippen molar-refractivity contribution < 1.29 is 27.5 Å². The Kier molecular flexibility index (Phi) is 9.83. The Balaban J connectivity index is 2.17. The minimum Gasteiger partial charge on any atom is -0.459 e. The quantitative estimate of drug-likeness (QED) is 0.455. The maximum absolute atomic E-state index is 13.5. The molecule has 0 spiro atoms. The van der Waals surface area contributed by atoms with E-state index < -0.39 is 33.0 Å². The minimum atomic E-state index is -4.22. The van der Waals surface area contributed by atoms with Crippen molar-refractivity contribution in [2.24, 2.45) is 0 Å². The summed E-state index contributed by atoms with van der Waals surface area (Å²) in [6, 6.07) is 6.58. The molecule has 0 saturated carbocycles. The van der Waals surface area contributed by atoms with Gasteiger partial charge in [-0.2, -0.15) is 17.0 Å². The van der Waals surface area contributed by atoms with Crippen LogP contribution in [0, 0.1) is 0 Å². The average Bonchev–Trinajstić information content (AvgIpc) is 3.20. The third-order valence-corrected chi connectivity index (χ3v) is 7.68. The van der Waals surface area contributed by atoms with Crippen LogP contribution in [-0.2, 0) is 31.0 Å². The second-order valence-electron chi connectivity index (χ2n) is 11.2. The van der Waals surface area contributed by atoms with Gasteiger partial charge in [0, 0.05) is 18.6 Å². The van der Waals surface area contributed by atoms with Crippen molar-refractivity contribution in [1.82, 2.24) is 13.9 Å². The smallest absolute Gasteiger partial charge is 0.425 e. The lowest BCUT2D eigenvalue weighted by molar-refractivity contribution is -0.163. The molecular formula is C25H40ClN3O6S. The first-order valence-electron chi connectivity index (χ1n) is 12.2. The SMILES string of the molecule is CN(CCC[C@]1(C(=O)OC(C)(C)C)CCCN1)S(=O)(=O)N(Cc1ccc(Cl)cc1)C(=O)OC(C)(C)C. The minimum absolute atomic E-state index is 0.106. The molecule has 1 atom stereocenters. The molecule has 1 saturated heterocycles. The molecule has 1 amide bonds. The van der Waals surface area contributed by atoms with E-state index in [1.807, 2.05) is 20.8 Å². The van der Waals surface area contributed by atoms with E-state index in [9.17, 15) is 18.0 Å². The molecule has 2 rings (SSSR count). The molecule has 0 radical (unpaired) electrons. The Bertz CT molecular complexity index is 1010. The van der Waals surface area contributed by atoms with Crippen molar-refractivity contribution >= 4 is 33.9 Å². The Morgan fingerprint density at radius 1 is 1.06 bits per heavy atom. The van der Waals surface area contributed by atoms with E-state index >= 15 is 0 Å². The number of nitrogens with one attached hydrogen (secondary N) is 1. The number of amides is 1. The van der Waals surface area contributed by atoms with Gasteiger partial charge in [-0.15, -0.1) is 0 Å². The first-order valence-corrected chi connectivity index (χ1v) is 13.9. The Morgan fingerprint density at radius 3 is 2.14 bits per heavy atom. The lowest BCUT2D eigenvalue weighted by atomic mass is 9.91. The summed E-state index contributed by atoms with van der Waals surface area (Å²) >= 11 is 5.95. The van der Waals surface area contributed by atoms with Gasteiger partial charge in [0.05, 0.1) is 6.54 Å². The molecule has 1 fully saturated rings. The number of ether oxygens (including phenoxy) is 2. The van der Waals surface area contributed by atoms with Crippen LogP contribution in [0.25, 0.3) is 0 Å². The van der Waals surface area contributed by atoms with E-state index in [1.165, 1.54) is 7.05 Å². The van der Waals surface area contributed by atoms with E-state index in [4.69, 9.17) is 21.1 Å². The fourth-order valence-electron chi connectivity index (χ4n) is 3.87. The van der Waals surface area contributed by atoms with E-state index in [2.05, 4.69) is 5.32 Å². The number of benzene rings is 1. The number of carbonyl (C=O) groups excluding carboxylic acids is 2. The first-order chi connectivity index (χ1) is 16.5. The number of nitrogens with zero attached hydrogens (tertiary/aromatic N) is 2. The maximum Gasteiger partial charge on any atom is 0.425 e. The lowest BCUT2D eigenvalue weighted by Gasteiger charge is -2.33. The van der Waals surface area contributed by atoms with Gasteiger partial charge in [-0.25, -0.2) is 4.79 Å². The number of hydrogen-bond acceptors (Lipinski definition) is 7. The number of rotatable bonds is 9. The second-order valence-corrected chi connectivity index (χ2v) is 13.6. The zero-order valence-electron chi connectivity index (χ0n) is 22.4. The van der Waals surface area contributed by atoms with Crippen LogP contribution >= 0.6 is 11.6 Å². The topological polar surface area (TPSA) is 105 Å². The summed E-state index contributed by atoms with van der Waals surface area (Å²) in [5.41, 5.74) is -1.76. The summed E-state index contributed by atoms with van der Waals surface area (Å²) in [5, 5.41) is 3.77. The molecule has 0 unspecified atom stereocenters. The number of esters is 1. The van der Waals surface area contributed by atoms with Crippen LogP contribution < -0.4 is 5.32 Å². The molecule has 0 aromatic heterocycles. The summed E-state index contributed by atoms with van der Waals surface area (Å²) in [7, 11) is -2.81. The van der Waals surface area contributed by atoms with Crippen molar-refractivity contribution in [3.05, 3.63) is 34.9 Å². The van der Waals surface area contributed by atoms with Gasteiger partial charge in [0.25, 0.3) is 0 Å². The van der Waals surface area contributed by atoms with Crippen LogP contribution in [0.1, 0.15) is 72.8 Å². The summed E-state index contributed by atoms with van der Waals surface area (Å²) in [6.45, 7) is 11.1. The summed E-state index contributed by atoms with van der Waals surface area (Å²) < 4.78 is 39.8. The average molecular weight is 546 g/mol. The van der Waals surface area contributed by atoms with Gasteiger partial charge in [0.15, 0.2) is 0 Å². The predicted octanol–water partition coefficient (Wildman–Crippen LogP) is 4.50. The van der Waals surface area contributed by atoms with Crippen LogP contribution in [0.5, 0.6) is 0 Å². The van der Waals surface area contributed by atoms with Gasteiger partial charge >= 0.3 is 22.3 Å². The molecule has 11 heteroatoms. The second kappa shape index (κ2) is 11.7. The third kappa shape index (κ3) is 8.61. The third-order valence-electron chi connectivity index (χ3n) is 5.62. The highest BCUT2D eigenvalue weighted by Crippen LogP contribution is 2.29. The van der Waals surface area contributed by atoms with Crippen molar-refractivity contribution in [2.45, 2.75) is 90.5 Å². The van der Waals surface area contributed by atoms with Gasteiger partial charge in [-0.3, -0.25) is 4.79 Å². The van der Waals surface area contributed by atoms with Crippen LogP contribution in [0.15, 0.2) is 24.3 Å². The Hall–Kier alpha value is -1.88. The van der Waals surface area contributed by atoms with Crippen LogP contribution in [0.2, 0.25) is 5.02 Å². The largest absolute Gasteiger partial charge is 0.459 e. The summed E-state index contributed by atoms with van der Waals surface area (Å²) in [6.07, 6.45) is 1.29. The standard InChI is InChI=1S/C25H40ClN3O6S/c1-23(2,3)34-21(30)25(14-8-16-27-25)15-9-17-28(7)36(32,33)29(22(31)35-24(4,5)6)18-19-10-12-20(26)13-11-19/h10-13,27H,8-9,14-18H2,1-7H3/t25-/m0/s1. The molecular weight excluding hydrogens is 506 g/mol. The molecule has 1 heterocycles. The molecule has 1 aliphatic rings. The van der Waals surface area contributed by atoms with Crippen molar-refractivity contribution in [3.8, 4) is 0 Å². The fourth-order valence-corrected chi connectivity index (χ4v) is 5.23. The first kappa shape index (κ1) is 30.3. The van der Waals surface area contributed by atoms with E-state index in [0.717, 1.165) is 15.0 Å². The maximum atomic E-state index is 13.5. The number of hydrogen-bond donors (Lipinski definition) is 1. The van der Waals surface area contributed by atoms with Crippen molar-refractivity contribution in [1.29, 1.82) is 0 Å². The normalized spacial score (nSPS) is 18.8. The number of halogens is 1. The fraction of sp³-hybridized carbons (Fsp3) is 0.680. The molecule has 1 aromatic rings. The highest BCUT2D eigenvalue weighted by molar-refractivity contribution is 7.87. The monoisotopic (exact) mass is 545 g/mol. The Morgan fingerprint density at radius 2 is 1.64 bits per heavy atom. The molecule has 204 valence electrons. The zero-order valence-corrected chi connectivity index (χ0v) is 24.0. The molecule has 1 aliphatic heterocycles. The van der Waals surface area contributed by atoms with Crippen LogP contribution in [0.3, 0.4) is 0 Å². The molecule has 9 nitrogen and oxygen atoms in total. The van der Waals surface area contributed by atoms with Crippen LogP contribution in [0.4, 0.5) is 4.79 Å². The highest BCUT2D eigenvalue weighted by atomic mass is 35.5. The lowest BCUT2D eigenvalue weighted by Crippen LogP contribution is -2.51.